The van der Waals surface area contributed by atoms with E-state index in [0.717, 1.165) is 23.4 Å². The van der Waals surface area contributed by atoms with Gasteiger partial charge in [-0.2, -0.15) is 0 Å². The first kappa shape index (κ1) is 28.3. The van der Waals surface area contributed by atoms with Gasteiger partial charge in [-0.25, -0.2) is 0 Å². The predicted molar refractivity (Wildman–Crippen MR) is 158 cm³/mol. The minimum atomic E-state index is -0.658. The van der Waals surface area contributed by atoms with E-state index >= 15 is 0 Å². The molecule has 0 fully saturated rings. The molecule has 0 saturated heterocycles. The monoisotopic (exact) mass is 563 g/mol. The first-order valence-corrected chi connectivity index (χ1v) is 13.5. The third-order valence-corrected chi connectivity index (χ3v) is 7.46. The molecule has 0 unspecified atom stereocenters. The SMILES string of the molecule is CCCN1C(C)=C(C(=O)Nc2ccccc2Cl)C(c2ccc(OC)cc2)C(C(=O)Nc2ccccc2Cl)=C1C. The fraction of sp³-hybridized carbons (Fsp3) is 0.226. The van der Waals surface area contributed by atoms with E-state index in [9.17, 15) is 9.59 Å². The van der Waals surface area contributed by atoms with Crippen LogP contribution in [0.3, 0.4) is 0 Å². The molecule has 2 N–H and O–H groups in total. The van der Waals surface area contributed by atoms with E-state index in [2.05, 4.69) is 17.6 Å². The molecule has 6 nitrogen and oxygen atoms in total. The lowest BCUT2D eigenvalue weighted by atomic mass is 9.78. The van der Waals surface area contributed by atoms with Gasteiger partial charge in [0.25, 0.3) is 11.8 Å². The highest BCUT2D eigenvalue weighted by atomic mass is 35.5. The quantitative estimate of drug-likeness (QED) is 0.295. The average molecular weight is 565 g/mol. The summed E-state index contributed by atoms with van der Waals surface area (Å²) in [6.07, 6.45) is 0.820. The van der Waals surface area contributed by atoms with Crippen LogP contribution in [0.4, 0.5) is 11.4 Å². The number of carbonyl (C=O) groups is 2. The molecule has 0 spiro atoms. The number of methoxy groups -OCH3 is 1. The Bertz CT molecular complexity index is 1360. The Morgan fingerprint density at radius 3 is 1.67 bits per heavy atom. The summed E-state index contributed by atoms with van der Waals surface area (Å²) in [4.78, 5) is 30.1. The number of ether oxygens (including phenoxy) is 1. The number of benzene rings is 3. The second-order valence-electron chi connectivity index (χ2n) is 9.22. The number of amides is 2. The summed E-state index contributed by atoms with van der Waals surface area (Å²) in [6.45, 7) is 6.53. The Morgan fingerprint density at radius 2 is 1.26 bits per heavy atom. The fourth-order valence-electron chi connectivity index (χ4n) is 4.89. The summed E-state index contributed by atoms with van der Waals surface area (Å²) >= 11 is 12.8. The maximum atomic E-state index is 14.0. The van der Waals surface area contributed by atoms with Crippen LogP contribution in [0, 0.1) is 0 Å². The molecule has 202 valence electrons. The standard InChI is InChI=1S/C31H31Cl2N3O3/c1-5-18-36-19(2)27(30(37)34-25-12-8-6-10-23(25)32)29(21-14-16-22(39-4)17-15-21)28(20(36)3)31(38)35-26-13-9-7-11-24(26)33/h6-17,29H,5,18H2,1-4H3,(H,34,37)(H,35,38). The smallest absolute Gasteiger partial charge is 0.254 e. The summed E-state index contributed by atoms with van der Waals surface area (Å²) in [5, 5.41) is 6.80. The highest BCUT2D eigenvalue weighted by molar-refractivity contribution is 6.34. The Labute approximate surface area is 239 Å². The van der Waals surface area contributed by atoms with Gasteiger partial charge in [-0.05, 0) is 62.2 Å². The van der Waals surface area contributed by atoms with Gasteiger partial charge in [0, 0.05) is 35.0 Å². The molecule has 0 atom stereocenters. The van der Waals surface area contributed by atoms with Gasteiger partial charge in [0.15, 0.2) is 0 Å². The van der Waals surface area contributed by atoms with Gasteiger partial charge < -0.3 is 20.3 Å². The number of para-hydroxylation sites is 2. The molecule has 39 heavy (non-hydrogen) atoms. The highest BCUT2D eigenvalue weighted by Gasteiger charge is 2.39. The van der Waals surface area contributed by atoms with Crippen LogP contribution < -0.4 is 15.4 Å². The van der Waals surface area contributed by atoms with Crippen LogP contribution in [-0.4, -0.2) is 30.4 Å². The van der Waals surface area contributed by atoms with E-state index in [1.54, 1.807) is 55.6 Å². The van der Waals surface area contributed by atoms with Crippen LogP contribution in [0.2, 0.25) is 10.0 Å². The predicted octanol–water partition coefficient (Wildman–Crippen LogP) is 7.64. The zero-order valence-corrected chi connectivity index (χ0v) is 23.9. The number of anilines is 2. The summed E-state index contributed by atoms with van der Waals surface area (Å²) in [7, 11) is 1.59. The fourth-order valence-corrected chi connectivity index (χ4v) is 5.25. The van der Waals surface area contributed by atoms with Crippen LogP contribution in [-0.2, 0) is 9.59 Å². The molecule has 1 aliphatic rings. The minimum Gasteiger partial charge on any atom is -0.497 e. The summed E-state index contributed by atoms with van der Waals surface area (Å²) in [5.41, 5.74) is 4.23. The zero-order chi connectivity index (χ0) is 28.1. The van der Waals surface area contributed by atoms with Crippen molar-refractivity contribution in [3.8, 4) is 5.75 Å². The first-order valence-electron chi connectivity index (χ1n) is 12.7. The Balaban J connectivity index is 1.87. The number of allylic oxidation sites excluding steroid dienone is 2. The Hall–Kier alpha value is -3.74. The third kappa shape index (κ3) is 5.97. The van der Waals surface area contributed by atoms with Gasteiger partial charge in [0.2, 0.25) is 0 Å². The number of hydrogen-bond donors (Lipinski definition) is 2. The van der Waals surface area contributed by atoms with Crippen molar-refractivity contribution in [2.75, 3.05) is 24.3 Å². The average Bonchev–Trinajstić information content (AvgIpc) is 2.93. The molecule has 0 aliphatic carbocycles. The third-order valence-electron chi connectivity index (χ3n) is 6.80. The van der Waals surface area contributed by atoms with Crippen molar-refractivity contribution in [3.63, 3.8) is 0 Å². The first-order chi connectivity index (χ1) is 18.8. The van der Waals surface area contributed by atoms with Crippen LogP contribution in [0.25, 0.3) is 0 Å². The maximum Gasteiger partial charge on any atom is 0.254 e. The van der Waals surface area contributed by atoms with Crippen molar-refractivity contribution in [2.24, 2.45) is 0 Å². The topological polar surface area (TPSA) is 70.7 Å². The molecule has 1 heterocycles. The molecule has 0 bridgehead atoms. The van der Waals surface area contributed by atoms with Gasteiger partial charge in [-0.15, -0.1) is 0 Å². The summed E-state index contributed by atoms with van der Waals surface area (Å²) in [5.74, 6) is -0.655. The van der Waals surface area contributed by atoms with Crippen molar-refractivity contribution >= 4 is 46.4 Å². The number of nitrogens with one attached hydrogen (secondary N) is 2. The van der Waals surface area contributed by atoms with Gasteiger partial charge in [0.1, 0.15) is 5.75 Å². The molecule has 3 aromatic rings. The minimum absolute atomic E-state index is 0.335. The molecule has 3 aromatic carbocycles. The largest absolute Gasteiger partial charge is 0.497 e. The second kappa shape index (κ2) is 12.4. The summed E-state index contributed by atoms with van der Waals surface area (Å²) in [6, 6.07) is 21.6. The van der Waals surface area contributed by atoms with Crippen LogP contribution in [0.15, 0.2) is 95.3 Å². The van der Waals surface area contributed by atoms with Crippen LogP contribution in [0.5, 0.6) is 5.75 Å². The maximum absolute atomic E-state index is 14.0. The molecule has 0 radical (unpaired) electrons. The van der Waals surface area contributed by atoms with Gasteiger partial charge in [-0.3, -0.25) is 9.59 Å². The molecule has 4 rings (SSSR count). The van der Waals surface area contributed by atoms with E-state index in [0.29, 0.717) is 44.9 Å². The molecule has 1 aliphatic heterocycles. The van der Waals surface area contributed by atoms with Crippen molar-refractivity contribution < 1.29 is 14.3 Å². The second-order valence-corrected chi connectivity index (χ2v) is 10.0. The molecular formula is C31H31Cl2N3O3. The van der Waals surface area contributed by atoms with Crippen LogP contribution >= 0.6 is 23.2 Å². The lowest BCUT2D eigenvalue weighted by Gasteiger charge is -2.38. The lowest BCUT2D eigenvalue weighted by Crippen LogP contribution is -2.37. The normalized spacial score (nSPS) is 13.9. The van der Waals surface area contributed by atoms with Gasteiger partial charge >= 0.3 is 0 Å². The van der Waals surface area contributed by atoms with E-state index < -0.39 is 5.92 Å². The molecule has 8 heteroatoms. The van der Waals surface area contributed by atoms with Crippen LogP contribution in [0.1, 0.15) is 38.7 Å². The molecular weight excluding hydrogens is 533 g/mol. The number of hydrogen-bond acceptors (Lipinski definition) is 4. The zero-order valence-electron chi connectivity index (χ0n) is 22.3. The van der Waals surface area contributed by atoms with Gasteiger partial charge in [0.05, 0.1) is 28.5 Å². The van der Waals surface area contributed by atoms with E-state index in [1.165, 1.54) is 0 Å². The van der Waals surface area contributed by atoms with Crippen molar-refractivity contribution in [2.45, 2.75) is 33.1 Å². The Kier molecular flexibility index (Phi) is 9.00. The molecule has 0 aromatic heterocycles. The van der Waals surface area contributed by atoms with E-state index in [1.807, 2.05) is 43.0 Å². The highest BCUT2D eigenvalue weighted by Crippen LogP contribution is 2.43. The van der Waals surface area contributed by atoms with Crippen molar-refractivity contribution in [3.05, 3.63) is 111 Å². The van der Waals surface area contributed by atoms with E-state index in [-0.39, 0.29) is 11.8 Å². The van der Waals surface area contributed by atoms with Crippen molar-refractivity contribution in [1.82, 2.24) is 4.90 Å². The number of rotatable bonds is 8. The number of nitrogens with zero attached hydrogens (tertiary/aromatic N) is 1. The number of carbonyl (C=O) groups excluding carboxylic acids is 2. The number of halogens is 2. The van der Waals surface area contributed by atoms with Crippen molar-refractivity contribution in [1.29, 1.82) is 0 Å². The Morgan fingerprint density at radius 1 is 0.795 bits per heavy atom. The summed E-state index contributed by atoms with van der Waals surface area (Å²) < 4.78 is 5.36. The molecule has 2 amide bonds. The van der Waals surface area contributed by atoms with E-state index in [4.69, 9.17) is 27.9 Å². The van der Waals surface area contributed by atoms with Gasteiger partial charge in [-0.1, -0.05) is 66.5 Å². The lowest BCUT2D eigenvalue weighted by molar-refractivity contribution is -0.113. The molecule has 0 saturated carbocycles.